The SMILES string of the molecule is COc1cc(C(=O)NN)cc(Cl)c1O. The molecule has 5 nitrogen and oxygen atoms in total. The number of carbonyl (C=O) groups is 1. The molecule has 0 unspecified atom stereocenters. The summed E-state index contributed by atoms with van der Waals surface area (Å²) in [5.74, 6) is 4.34. The van der Waals surface area contributed by atoms with E-state index in [9.17, 15) is 9.90 Å². The largest absolute Gasteiger partial charge is 0.503 e. The van der Waals surface area contributed by atoms with Gasteiger partial charge in [0.2, 0.25) is 0 Å². The molecule has 14 heavy (non-hydrogen) atoms. The molecule has 1 aromatic rings. The number of rotatable bonds is 2. The summed E-state index contributed by atoms with van der Waals surface area (Å²) in [5.41, 5.74) is 2.16. The van der Waals surface area contributed by atoms with Crippen LogP contribution in [0.2, 0.25) is 5.02 Å². The molecule has 1 amide bonds. The van der Waals surface area contributed by atoms with Crippen molar-refractivity contribution >= 4 is 17.5 Å². The van der Waals surface area contributed by atoms with Gasteiger partial charge in [0.1, 0.15) is 0 Å². The maximum Gasteiger partial charge on any atom is 0.265 e. The molecular weight excluding hydrogens is 208 g/mol. The van der Waals surface area contributed by atoms with Crippen molar-refractivity contribution in [1.82, 2.24) is 5.43 Å². The molecule has 0 fully saturated rings. The fourth-order valence-corrected chi connectivity index (χ4v) is 1.15. The Morgan fingerprint density at radius 3 is 2.79 bits per heavy atom. The summed E-state index contributed by atoms with van der Waals surface area (Å²) >= 11 is 5.65. The number of nitrogen functional groups attached to an aromatic ring is 1. The minimum absolute atomic E-state index is 0.0305. The second-order valence-electron chi connectivity index (χ2n) is 2.48. The van der Waals surface area contributed by atoms with Gasteiger partial charge in [-0.05, 0) is 12.1 Å². The lowest BCUT2D eigenvalue weighted by Gasteiger charge is -2.07. The molecule has 0 aliphatic carbocycles. The van der Waals surface area contributed by atoms with Gasteiger partial charge in [0, 0.05) is 5.56 Å². The standard InChI is InChI=1S/C8H9ClN2O3/c1-14-6-3-4(8(13)11-10)2-5(9)7(6)12/h2-3,12H,10H2,1H3,(H,11,13). The van der Waals surface area contributed by atoms with E-state index in [0.29, 0.717) is 0 Å². The lowest BCUT2D eigenvalue weighted by atomic mass is 10.2. The predicted octanol–water partition coefficient (Wildman–Crippen LogP) is 0.658. The summed E-state index contributed by atoms with van der Waals surface area (Å²) in [5, 5.41) is 9.39. The van der Waals surface area contributed by atoms with E-state index in [1.165, 1.54) is 19.2 Å². The number of ether oxygens (including phenoxy) is 1. The minimum atomic E-state index is -0.509. The highest BCUT2D eigenvalue weighted by Crippen LogP contribution is 2.34. The third-order valence-corrected chi connectivity index (χ3v) is 1.93. The van der Waals surface area contributed by atoms with Gasteiger partial charge in [-0.3, -0.25) is 10.2 Å². The summed E-state index contributed by atoms with van der Waals surface area (Å²) in [6, 6.07) is 2.63. The molecule has 0 heterocycles. The smallest absolute Gasteiger partial charge is 0.265 e. The number of carbonyl (C=O) groups excluding carboxylic acids is 1. The first-order valence-electron chi connectivity index (χ1n) is 3.67. The normalized spacial score (nSPS) is 9.64. The van der Waals surface area contributed by atoms with Crippen LogP contribution in [0.4, 0.5) is 0 Å². The molecule has 0 spiro atoms. The molecule has 0 aliphatic rings. The summed E-state index contributed by atoms with van der Waals surface area (Å²) < 4.78 is 4.81. The zero-order chi connectivity index (χ0) is 10.7. The predicted molar refractivity (Wildman–Crippen MR) is 51.3 cm³/mol. The van der Waals surface area contributed by atoms with E-state index in [4.69, 9.17) is 22.2 Å². The molecule has 1 rings (SSSR count). The highest BCUT2D eigenvalue weighted by Gasteiger charge is 2.12. The number of hydrazine groups is 1. The second kappa shape index (κ2) is 4.17. The van der Waals surface area contributed by atoms with Gasteiger partial charge >= 0.3 is 0 Å². The zero-order valence-electron chi connectivity index (χ0n) is 7.37. The first-order chi connectivity index (χ1) is 6.60. The van der Waals surface area contributed by atoms with Crippen LogP contribution in [0, 0.1) is 0 Å². The molecule has 4 N–H and O–H groups in total. The first kappa shape index (κ1) is 10.6. The number of amides is 1. The van der Waals surface area contributed by atoms with E-state index >= 15 is 0 Å². The number of methoxy groups -OCH3 is 1. The van der Waals surface area contributed by atoms with Crippen LogP contribution in [-0.2, 0) is 0 Å². The Morgan fingerprint density at radius 2 is 2.29 bits per heavy atom. The number of nitrogens with one attached hydrogen (secondary N) is 1. The minimum Gasteiger partial charge on any atom is -0.503 e. The number of halogens is 1. The Kier molecular flexibility index (Phi) is 3.16. The van der Waals surface area contributed by atoms with Crippen molar-refractivity contribution in [3.8, 4) is 11.5 Å². The number of benzene rings is 1. The van der Waals surface area contributed by atoms with E-state index in [1.54, 1.807) is 0 Å². The van der Waals surface area contributed by atoms with Crippen molar-refractivity contribution in [2.75, 3.05) is 7.11 Å². The van der Waals surface area contributed by atoms with E-state index in [1.807, 2.05) is 5.43 Å². The van der Waals surface area contributed by atoms with Gasteiger partial charge in [0.05, 0.1) is 12.1 Å². The number of hydrogen-bond acceptors (Lipinski definition) is 4. The van der Waals surface area contributed by atoms with Gasteiger partial charge in [-0.1, -0.05) is 11.6 Å². The van der Waals surface area contributed by atoms with Crippen LogP contribution >= 0.6 is 11.6 Å². The van der Waals surface area contributed by atoms with Gasteiger partial charge in [-0.2, -0.15) is 0 Å². The summed E-state index contributed by atoms with van der Waals surface area (Å²) in [6.07, 6.45) is 0. The number of phenolic OH excluding ortho intramolecular Hbond substituents is 1. The molecule has 0 aromatic heterocycles. The lowest BCUT2D eigenvalue weighted by Crippen LogP contribution is -2.29. The van der Waals surface area contributed by atoms with Gasteiger partial charge in [0.15, 0.2) is 11.5 Å². The monoisotopic (exact) mass is 216 g/mol. The van der Waals surface area contributed by atoms with Crippen LogP contribution in [0.3, 0.4) is 0 Å². The van der Waals surface area contributed by atoms with Gasteiger partial charge < -0.3 is 9.84 Å². The Balaban J connectivity index is 3.22. The Labute approximate surface area is 85.4 Å². The van der Waals surface area contributed by atoms with Crippen LogP contribution in [0.15, 0.2) is 12.1 Å². The van der Waals surface area contributed by atoms with Crippen LogP contribution in [0.5, 0.6) is 11.5 Å². The molecule has 76 valence electrons. The zero-order valence-corrected chi connectivity index (χ0v) is 8.13. The molecule has 0 saturated carbocycles. The molecule has 1 aromatic carbocycles. The average molecular weight is 217 g/mol. The summed E-state index contributed by atoms with van der Waals surface area (Å²) in [7, 11) is 1.36. The number of phenols is 1. The maximum absolute atomic E-state index is 11.1. The van der Waals surface area contributed by atoms with Crippen molar-refractivity contribution in [2.45, 2.75) is 0 Å². The van der Waals surface area contributed by atoms with E-state index < -0.39 is 5.91 Å². The Hall–Kier alpha value is -1.46. The highest BCUT2D eigenvalue weighted by molar-refractivity contribution is 6.32. The molecule has 0 saturated heterocycles. The molecule has 0 aliphatic heterocycles. The van der Waals surface area contributed by atoms with Crippen LogP contribution in [-0.4, -0.2) is 18.1 Å². The number of hydrogen-bond donors (Lipinski definition) is 3. The second-order valence-corrected chi connectivity index (χ2v) is 2.89. The van der Waals surface area contributed by atoms with E-state index in [0.717, 1.165) is 0 Å². The van der Waals surface area contributed by atoms with Crippen LogP contribution in [0.25, 0.3) is 0 Å². The van der Waals surface area contributed by atoms with Crippen LogP contribution < -0.4 is 16.0 Å². The fraction of sp³-hybridized carbons (Fsp3) is 0.125. The van der Waals surface area contributed by atoms with E-state index in [-0.39, 0.29) is 22.1 Å². The van der Waals surface area contributed by atoms with Gasteiger partial charge in [-0.15, -0.1) is 0 Å². The third kappa shape index (κ3) is 1.89. The van der Waals surface area contributed by atoms with Crippen molar-refractivity contribution in [1.29, 1.82) is 0 Å². The Bertz CT molecular complexity index is 368. The number of aromatic hydroxyl groups is 1. The van der Waals surface area contributed by atoms with Gasteiger partial charge in [-0.25, -0.2) is 5.84 Å². The quantitative estimate of drug-likeness (QED) is 0.385. The molecule has 6 heteroatoms. The van der Waals surface area contributed by atoms with Crippen molar-refractivity contribution in [3.63, 3.8) is 0 Å². The topological polar surface area (TPSA) is 84.6 Å². The maximum atomic E-state index is 11.1. The lowest BCUT2D eigenvalue weighted by molar-refractivity contribution is 0.0953. The highest BCUT2D eigenvalue weighted by atomic mass is 35.5. The van der Waals surface area contributed by atoms with Gasteiger partial charge in [0.25, 0.3) is 5.91 Å². The fourth-order valence-electron chi connectivity index (χ4n) is 0.944. The average Bonchev–Trinajstić information content (AvgIpc) is 2.20. The number of nitrogens with two attached hydrogens (primary N) is 1. The summed E-state index contributed by atoms with van der Waals surface area (Å²) in [4.78, 5) is 11.1. The third-order valence-electron chi connectivity index (χ3n) is 1.64. The van der Waals surface area contributed by atoms with Crippen LogP contribution in [0.1, 0.15) is 10.4 Å². The molecule has 0 bridgehead atoms. The van der Waals surface area contributed by atoms with Crippen molar-refractivity contribution in [2.24, 2.45) is 5.84 Å². The Morgan fingerprint density at radius 1 is 1.64 bits per heavy atom. The van der Waals surface area contributed by atoms with Crippen molar-refractivity contribution in [3.05, 3.63) is 22.7 Å². The summed E-state index contributed by atoms with van der Waals surface area (Å²) in [6.45, 7) is 0. The van der Waals surface area contributed by atoms with E-state index in [2.05, 4.69) is 0 Å². The molecule has 0 radical (unpaired) electrons. The first-order valence-corrected chi connectivity index (χ1v) is 4.05. The molecular formula is C8H9ClN2O3. The molecule has 0 atom stereocenters. The van der Waals surface area contributed by atoms with Crippen molar-refractivity contribution < 1.29 is 14.6 Å².